The smallest absolute Gasteiger partial charge is 0.125 e. The van der Waals surface area contributed by atoms with Crippen molar-refractivity contribution in [2.24, 2.45) is 0 Å². The van der Waals surface area contributed by atoms with Gasteiger partial charge in [0.15, 0.2) is 0 Å². The second-order valence-corrected chi connectivity index (χ2v) is 6.81. The van der Waals surface area contributed by atoms with Crippen LogP contribution in [0.3, 0.4) is 0 Å². The SMILES string of the molecule is Cc1ccc(O)c(-c2cccc(-c3cccc(-c4c(C)cccc4O)n3)n2)c1. The number of phenols is 2. The number of hydrogen-bond acceptors (Lipinski definition) is 4. The summed E-state index contributed by atoms with van der Waals surface area (Å²) in [7, 11) is 0. The molecule has 0 aliphatic carbocycles. The normalized spacial score (nSPS) is 10.8. The lowest BCUT2D eigenvalue weighted by atomic mass is 10.0. The fraction of sp³-hybridized carbons (Fsp3) is 0.0833. The highest BCUT2D eigenvalue weighted by atomic mass is 16.3. The highest BCUT2D eigenvalue weighted by Crippen LogP contribution is 2.33. The molecule has 4 heteroatoms. The van der Waals surface area contributed by atoms with Gasteiger partial charge in [0.05, 0.1) is 22.8 Å². The van der Waals surface area contributed by atoms with E-state index in [9.17, 15) is 10.2 Å². The lowest BCUT2D eigenvalue weighted by Crippen LogP contribution is -1.94. The summed E-state index contributed by atoms with van der Waals surface area (Å²) in [4.78, 5) is 9.43. The molecule has 0 aliphatic rings. The Hall–Kier alpha value is -3.66. The minimum absolute atomic E-state index is 0.196. The molecule has 4 aromatic rings. The number of aromatic nitrogens is 2. The molecule has 28 heavy (non-hydrogen) atoms. The van der Waals surface area contributed by atoms with E-state index in [1.54, 1.807) is 12.1 Å². The lowest BCUT2D eigenvalue weighted by Gasteiger charge is -2.10. The number of benzene rings is 2. The summed E-state index contributed by atoms with van der Waals surface area (Å²) in [6.07, 6.45) is 0. The summed E-state index contributed by atoms with van der Waals surface area (Å²) in [6.45, 7) is 3.93. The van der Waals surface area contributed by atoms with Crippen LogP contribution in [-0.2, 0) is 0 Å². The second-order valence-electron chi connectivity index (χ2n) is 6.81. The van der Waals surface area contributed by atoms with Gasteiger partial charge in [-0.25, -0.2) is 9.97 Å². The Kier molecular flexibility index (Phi) is 4.53. The van der Waals surface area contributed by atoms with Crippen LogP contribution in [-0.4, -0.2) is 20.2 Å². The van der Waals surface area contributed by atoms with Gasteiger partial charge in [-0.1, -0.05) is 35.9 Å². The summed E-state index contributed by atoms with van der Waals surface area (Å²) < 4.78 is 0. The average molecular weight is 368 g/mol. The lowest BCUT2D eigenvalue weighted by molar-refractivity contribution is 0.476. The van der Waals surface area contributed by atoms with Gasteiger partial charge in [0.1, 0.15) is 11.5 Å². The van der Waals surface area contributed by atoms with Crippen LogP contribution < -0.4 is 0 Å². The maximum Gasteiger partial charge on any atom is 0.125 e. The van der Waals surface area contributed by atoms with Crippen molar-refractivity contribution >= 4 is 0 Å². The van der Waals surface area contributed by atoms with Crippen LogP contribution >= 0.6 is 0 Å². The minimum Gasteiger partial charge on any atom is -0.507 e. The predicted molar refractivity (Wildman–Crippen MR) is 111 cm³/mol. The Morgan fingerprint density at radius 1 is 0.607 bits per heavy atom. The zero-order valence-electron chi connectivity index (χ0n) is 15.7. The van der Waals surface area contributed by atoms with Crippen molar-refractivity contribution in [2.75, 3.05) is 0 Å². The molecule has 2 aromatic carbocycles. The summed E-state index contributed by atoms with van der Waals surface area (Å²) in [5.74, 6) is 0.401. The standard InChI is InChI=1S/C24H20N2O2/c1-15-12-13-22(27)17(14-15)18-7-4-8-19(25-18)20-9-5-10-21(26-20)24-16(2)6-3-11-23(24)28/h3-14,27-28H,1-2H3. The van der Waals surface area contributed by atoms with E-state index in [0.29, 0.717) is 28.3 Å². The van der Waals surface area contributed by atoms with Crippen LogP contribution in [0.25, 0.3) is 33.9 Å². The van der Waals surface area contributed by atoms with Crippen molar-refractivity contribution in [1.82, 2.24) is 9.97 Å². The van der Waals surface area contributed by atoms with Crippen molar-refractivity contribution < 1.29 is 10.2 Å². The van der Waals surface area contributed by atoms with Gasteiger partial charge in [-0.3, -0.25) is 0 Å². The topological polar surface area (TPSA) is 66.2 Å². The maximum atomic E-state index is 10.3. The van der Waals surface area contributed by atoms with Crippen molar-refractivity contribution in [3.63, 3.8) is 0 Å². The Balaban J connectivity index is 1.80. The van der Waals surface area contributed by atoms with E-state index < -0.39 is 0 Å². The first-order valence-corrected chi connectivity index (χ1v) is 9.06. The molecule has 0 saturated carbocycles. The van der Waals surface area contributed by atoms with Crippen LogP contribution in [0.2, 0.25) is 0 Å². The van der Waals surface area contributed by atoms with E-state index in [1.807, 2.05) is 74.5 Å². The molecule has 4 nitrogen and oxygen atoms in total. The Bertz CT molecular complexity index is 1150. The molecule has 0 amide bonds. The van der Waals surface area contributed by atoms with Crippen molar-refractivity contribution in [3.05, 3.63) is 83.9 Å². The Morgan fingerprint density at radius 2 is 1.21 bits per heavy atom. The fourth-order valence-corrected chi connectivity index (χ4v) is 3.28. The maximum absolute atomic E-state index is 10.3. The molecule has 0 unspecified atom stereocenters. The molecule has 0 aliphatic heterocycles. The zero-order valence-corrected chi connectivity index (χ0v) is 15.7. The Morgan fingerprint density at radius 3 is 1.93 bits per heavy atom. The summed E-state index contributed by atoms with van der Waals surface area (Å²) >= 11 is 0. The van der Waals surface area contributed by atoms with Gasteiger partial charge in [0, 0.05) is 11.1 Å². The van der Waals surface area contributed by atoms with Crippen molar-refractivity contribution in [1.29, 1.82) is 0 Å². The fourth-order valence-electron chi connectivity index (χ4n) is 3.28. The first kappa shape index (κ1) is 17.7. The summed E-state index contributed by atoms with van der Waals surface area (Å²) in [6, 6.07) is 22.2. The predicted octanol–water partition coefficient (Wildman–Crippen LogP) is 5.51. The van der Waals surface area contributed by atoms with Gasteiger partial charge >= 0.3 is 0 Å². The summed E-state index contributed by atoms with van der Waals surface area (Å²) in [5.41, 5.74) is 6.20. The van der Waals surface area contributed by atoms with E-state index in [1.165, 1.54) is 0 Å². The molecule has 4 rings (SSSR count). The molecular weight excluding hydrogens is 348 g/mol. The Labute approximate surface area is 163 Å². The monoisotopic (exact) mass is 368 g/mol. The first-order chi connectivity index (χ1) is 13.5. The van der Waals surface area contributed by atoms with Crippen LogP contribution in [0.15, 0.2) is 72.8 Å². The molecule has 0 radical (unpaired) electrons. The molecule has 0 fully saturated rings. The molecule has 0 bridgehead atoms. The third kappa shape index (κ3) is 3.32. The van der Waals surface area contributed by atoms with Gasteiger partial charge in [-0.2, -0.15) is 0 Å². The number of phenolic OH excluding ortho intramolecular Hbond substituents is 2. The highest BCUT2D eigenvalue weighted by Gasteiger charge is 2.12. The molecule has 0 spiro atoms. The number of aromatic hydroxyl groups is 2. The zero-order chi connectivity index (χ0) is 19.7. The van der Waals surface area contributed by atoms with Crippen molar-refractivity contribution in [3.8, 4) is 45.4 Å². The third-order valence-corrected chi connectivity index (χ3v) is 4.70. The van der Waals surface area contributed by atoms with Crippen LogP contribution in [0.4, 0.5) is 0 Å². The van der Waals surface area contributed by atoms with Gasteiger partial charge in [-0.15, -0.1) is 0 Å². The summed E-state index contributed by atoms with van der Waals surface area (Å²) in [5, 5.41) is 20.5. The molecule has 138 valence electrons. The largest absolute Gasteiger partial charge is 0.507 e. The van der Waals surface area contributed by atoms with E-state index in [2.05, 4.69) is 0 Å². The average Bonchev–Trinajstić information content (AvgIpc) is 2.70. The number of aryl methyl sites for hydroxylation is 2. The molecule has 2 N–H and O–H groups in total. The van der Waals surface area contributed by atoms with E-state index >= 15 is 0 Å². The van der Waals surface area contributed by atoms with E-state index in [4.69, 9.17) is 9.97 Å². The van der Waals surface area contributed by atoms with Crippen LogP contribution in [0.5, 0.6) is 11.5 Å². The minimum atomic E-state index is 0.196. The molecule has 2 aromatic heterocycles. The van der Waals surface area contributed by atoms with Crippen LogP contribution in [0.1, 0.15) is 11.1 Å². The van der Waals surface area contributed by atoms with Gasteiger partial charge < -0.3 is 10.2 Å². The quantitative estimate of drug-likeness (QED) is 0.501. The first-order valence-electron chi connectivity index (χ1n) is 9.06. The third-order valence-electron chi connectivity index (χ3n) is 4.70. The van der Waals surface area contributed by atoms with Crippen molar-refractivity contribution in [2.45, 2.75) is 13.8 Å². The van der Waals surface area contributed by atoms with E-state index in [-0.39, 0.29) is 11.5 Å². The molecule has 0 atom stereocenters. The van der Waals surface area contributed by atoms with Crippen LogP contribution in [0, 0.1) is 13.8 Å². The number of rotatable bonds is 3. The molecular formula is C24H20N2O2. The number of hydrogen-bond donors (Lipinski definition) is 2. The number of nitrogens with zero attached hydrogens (tertiary/aromatic N) is 2. The second kappa shape index (κ2) is 7.16. The molecule has 2 heterocycles. The van der Waals surface area contributed by atoms with Gasteiger partial charge in [0.25, 0.3) is 0 Å². The molecule has 0 saturated heterocycles. The highest BCUT2D eigenvalue weighted by molar-refractivity contribution is 5.74. The van der Waals surface area contributed by atoms with Gasteiger partial charge in [0.2, 0.25) is 0 Å². The number of pyridine rings is 2. The van der Waals surface area contributed by atoms with E-state index in [0.717, 1.165) is 16.7 Å². The van der Waals surface area contributed by atoms with Gasteiger partial charge in [-0.05, 0) is 61.9 Å².